The largest absolute Gasteiger partial charge is 0.397 e. The van der Waals surface area contributed by atoms with Crippen LogP contribution in [-0.2, 0) is 0 Å². The lowest BCUT2D eigenvalue weighted by Gasteiger charge is -2.21. The first kappa shape index (κ1) is 15.1. The normalized spacial score (nSPS) is 11.4. The van der Waals surface area contributed by atoms with E-state index in [0.717, 1.165) is 0 Å². The first-order valence-electron chi connectivity index (χ1n) is 5.40. The van der Waals surface area contributed by atoms with Crippen LogP contribution in [0.15, 0.2) is 12.1 Å². The van der Waals surface area contributed by atoms with Crippen molar-refractivity contribution < 1.29 is 9.90 Å². The number of nitrogen functional groups attached to an aromatic ring is 1. The van der Waals surface area contributed by atoms with Gasteiger partial charge in [0.1, 0.15) is 0 Å². The van der Waals surface area contributed by atoms with E-state index >= 15 is 0 Å². The van der Waals surface area contributed by atoms with Gasteiger partial charge in [-0.1, -0.05) is 37.0 Å². The zero-order valence-corrected chi connectivity index (χ0v) is 11.8. The number of carbonyl (C=O) groups excluding carboxylic acids is 1. The van der Waals surface area contributed by atoms with Crippen molar-refractivity contribution in [3.05, 3.63) is 27.7 Å². The molecule has 0 heterocycles. The fourth-order valence-electron chi connectivity index (χ4n) is 1.22. The van der Waals surface area contributed by atoms with Crippen LogP contribution in [0.1, 0.15) is 24.2 Å². The Kier molecular flexibility index (Phi) is 4.85. The number of carbonyl (C=O) groups is 1. The molecule has 1 rings (SSSR count). The second-order valence-electron chi connectivity index (χ2n) is 4.87. The molecule has 0 atom stereocenters. The van der Waals surface area contributed by atoms with Crippen LogP contribution in [0, 0.1) is 5.41 Å². The second kappa shape index (κ2) is 5.78. The van der Waals surface area contributed by atoms with Gasteiger partial charge in [0, 0.05) is 24.1 Å². The van der Waals surface area contributed by atoms with E-state index in [1.54, 1.807) is 0 Å². The molecule has 0 aliphatic rings. The van der Waals surface area contributed by atoms with E-state index in [1.165, 1.54) is 12.1 Å². The third kappa shape index (κ3) is 3.77. The Labute approximate surface area is 116 Å². The molecule has 4 nitrogen and oxygen atoms in total. The molecule has 0 spiro atoms. The SMILES string of the molecule is CC(C)(CO)CNC(=O)c1cc(N)c(Cl)c(Cl)c1. The van der Waals surface area contributed by atoms with Gasteiger partial charge >= 0.3 is 0 Å². The summed E-state index contributed by atoms with van der Waals surface area (Å²) in [6.45, 7) is 4.02. The maximum atomic E-state index is 11.9. The minimum absolute atomic E-state index is 0.0171. The van der Waals surface area contributed by atoms with Gasteiger partial charge in [-0.05, 0) is 12.1 Å². The van der Waals surface area contributed by atoms with Gasteiger partial charge < -0.3 is 16.2 Å². The number of benzene rings is 1. The number of aliphatic hydroxyl groups excluding tert-OH is 1. The van der Waals surface area contributed by atoms with Crippen LogP contribution in [0.5, 0.6) is 0 Å². The quantitative estimate of drug-likeness (QED) is 0.745. The smallest absolute Gasteiger partial charge is 0.251 e. The summed E-state index contributed by atoms with van der Waals surface area (Å²) >= 11 is 11.7. The Balaban J connectivity index is 2.80. The molecule has 0 radical (unpaired) electrons. The molecule has 18 heavy (non-hydrogen) atoms. The van der Waals surface area contributed by atoms with Gasteiger partial charge in [0.05, 0.1) is 15.7 Å². The third-order valence-corrected chi connectivity index (χ3v) is 3.29. The van der Waals surface area contributed by atoms with Crippen molar-refractivity contribution in [3.63, 3.8) is 0 Å². The van der Waals surface area contributed by atoms with Crippen molar-refractivity contribution in [1.82, 2.24) is 5.32 Å². The van der Waals surface area contributed by atoms with Gasteiger partial charge in [0.2, 0.25) is 0 Å². The lowest BCUT2D eigenvalue weighted by Crippen LogP contribution is -2.36. The van der Waals surface area contributed by atoms with E-state index < -0.39 is 0 Å². The first-order valence-corrected chi connectivity index (χ1v) is 6.16. The van der Waals surface area contributed by atoms with Crippen LogP contribution in [0.25, 0.3) is 0 Å². The molecule has 0 fully saturated rings. The predicted octanol–water partition coefficient (Wildman–Crippen LogP) is 2.32. The number of anilines is 1. The standard InChI is InChI=1S/C12H16Cl2N2O2/c1-12(2,6-17)5-16-11(18)7-3-8(13)10(14)9(15)4-7/h3-4,17H,5-6,15H2,1-2H3,(H,16,18). The highest BCUT2D eigenvalue weighted by molar-refractivity contribution is 6.43. The highest BCUT2D eigenvalue weighted by atomic mass is 35.5. The molecular formula is C12H16Cl2N2O2. The monoisotopic (exact) mass is 290 g/mol. The van der Waals surface area contributed by atoms with E-state index in [0.29, 0.717) is 12.1 Å². The Morgan fingerprint density at radius 3 is 2.56 bits per heavy atom. The van der Waals surface area contributed by atoms with E-state index in [4.69, 9.17) is 34.0 Å². The number of hydrogen-bond acceptors (Lipinski definition) is 3. The van der Waals surface area contributed by atoms with E-state index in [1.807, 2.05) is 13.8 Å². The summed E-state index contributed by atoms with van der Waals surface area (Å²) in [6.07, 6.45) is 0. The zero-order chi connectivity index (χ0) is 13.9. The van der Waals surface area contributed by atoms with Gasteiger partial charge in [-0.15, -0.1) is 0 Å². The summed E-state index contributed by atoms with van der Waals surface area (Å²) in [5, 5.41) is 12.3. The van der Waals surface area contributed by atoms with Crippen LogP contribution in [0.3, 0.4) is 0 Å². The average molecular weight is 291 g/mol. The molecular weight excluding hydrogens is 275 g/mol. The highest BCUT2D eigenvalue weighted by Gasteiger charge is 2.18. The molecule has 0 saturated carbocycles. The second-order valence-corrected chi connectivity index (χ2v) is 5.65. The molecule has 4 N–H and O–H groups in total. The summed E-state index contributed by atoms with van der Waals surface area (Å²) in [4.78, 5) is 11.9. The minimum atomic E-state index is -0.378. The molecule has 0 unspecified atom stereocenters. The van der Waals surface area contributed by atoms with Gasteiger partial charge in [0.15, 0.2) is 0 Å². The molecule has 1 amide bonds. The molecule has 1 aromatic rings. The molecule has 0 aromatic heterocycles. The number of amides is 1. The summed E-state index contributed by atoms with van der Waals surface area (Å²) < 4.78 is 0. The molecule has 100 valence electrons. The summed E-state index contributed by atoms with van der Waals surface area (Å²) in [5.74, 6) is -0.304. The van der Waals surface area contributed by atoms with Crippen LogP contribution in [0.2, 0.25) is 10.0 Å². The van der Waals surface area contributed by atoms with Crippen LogP contribution >= 0.6 is 23.2 Å². The zero-order valence-electron chi connectivity index (χ0n) is 10.3. The fraction of sp³-hybridized carbons (Fsp3) is 0.417. The molecule has 1 aromatic carbocycles. The lowest BCUT2D eigenvalue weighted by molar-refractivity contribution is 0.0911. The topological polar surface area (TPSA) is 75.3 Å². The maximum Gasteiger partial charge on any atom is 0.251 e. The number of hydrogen-bond donors (Lipinski definition) is 3. The van der Waals surface area contributed by atoms with Gasteiger partial charge in [0.25, 0.3) is 5.91 Å². The summed E-state index contributed by atoms with van der Waals surface area (Å²) in [7, 11) is 0. The Morgan fingerprint density at radius 1 is 1.44 bits per heavy atom. The Bertz CT molecular complexity index is 438. The number of nitrogens with one attached hydrogen (secondary N) is 1. The number of rotatable bonds is 4. The Morgan fingerprint density at radius 2 is 2.06 bits per heavy atom. The van der Waals surface area contributed by atoms with Crippen LogP contribution in [0.4, 0.5) is 5.69 Å². The van der Waals surface area contributed by atoms with Crippen molar-refractivity contribution in [2.24, 2.45) is 5.41 Å². The summed E-state index contributed by atoms with van der Waals surface area (Å²) in [5.41, 5.74) is 5.86. The highest BCUT2D eigenvalue weighted by Crippen LogP contribution is 2.29. The first-order chi connectivity index (χ1) is 8.26. The van der Waals surface area contributed by atoms with Crippen molar-refractivity contribution in [2.75, 3.05) is 18.9 Å². The van der Waals surface area contributed by atoms with Gasteiger partial charge in [-0.25, -0.2) is 0 Å². The minimum Gasteiger partial charge on any atom is -0.397 e. The van der Waals surface area contributed by atoms with Crippen LogP contribution in [-0.4, -0.2) is 24.2 Å². The van der Waals surface area contributed by atoms with Crippen molar-refractivity contribution in [2.45, 2.75) is 13.8 Å². The predicted molar refractivity (Wildman–Crippen MR) is 74.1 cm³/mol. The fourth-order valence-corrected chi connectivity index (χ4v) is 1.55. The van der Waals surface area contributed by atoms with Gasteiger partial charge in [-0.3, -0.25) is 4.79 Å². The Hall–Kier alpha value is -0.970. The molecule has 0 saturated heterocycles. The lowest BCUT2D eigenvalue weighted by atomic mass is 9.95. The average Bonchev–Trinajstić information content (AvgIpc) is 2.32. The molecule has 0 aliphatic heterocycles. The van der Waals surface area contributed by atoms with Crippen molar-refractivity contribution in [1.29, 1.82) is 0 Å². The van der Waals surface area contributed by atoms with E-state index in [2.05, 4.69) is 5.32 Å². The van der Waals surface area contributed by atoms with Crippen molar-refractivity contribution in [3.8, 4) is 0 Å². The van der Waals surface area contributed by atoms with Gasteiger partial charge in [-0.2, -0.15) is 0 Å². The van der Waals surface area contributed by atoms with E-state index in [9.17, 15) is 4.79 Å². The number of nitrogens with two attached hydrogens (primary N) is 1. The molecule has 6 heteroatoms. The van der Waals surface area contributed by atoms with Crippen molar-refractivity contribution >= 4 is 34.8 Å². The molecule has 0 aliphatic carbocycles. The van der Waals surface area contributed by atoms with Crippen LogP contribution < -0.4 is 11.1 Å². The molecule has 0 bridgehead atoms. The maximum absolute atomic E-state index is 11.9. The van der Waals surface area contributed by atoms with E-state index in [-0.39, 0.29) is 33.7 Å². The number of aliphatic hydroxyl groups is 1. The third-order valence-electron chi connectivity index (χ3n) is 2.47. The number of halogens is 2. The summed E-state index contributed by atoms with van der Waals surface area (Å²) in [6, 6.07) is 2.93.